The van der Waals surface area contributed by atoms with E-state index in [0.29, 0.717) is 11.6 Å². The number of carbonyl (C=O) groups excluding carboxylic acids is 1. The minimum atomic E-state index is -0.310. The highest BCUT2D eigenvalue weighted by Gasteiger charge is 2.20. The van der Waals surface area contributed by atoms with Crippen LogP contribution in [-0.2, 0) is 0 Å². The number of ether oxygens (including phenoxy) is 2. The predicted octanol–water partition coefficient (Wildman–Crippen LogP) is 5.74. The van der Waals surface area contributed by atoms with Crippen molar-refractivity contribution in [1.82, 2.24) is 15.3 Å². The monoisotopic (exact) mass is 439 g/mol. The fraction of sp³-hybridized carbons (Fsp3) is 0.148. The summed E-state index contributed by atoms with van der Waals surface area (Å²) in [5, 5.41) is 3.01. The van der Waals surface area contributed by atoms with Crippen LogP contribution in [0.2, 0.25) is 0 Å². The van der Waals surface area contributed by atoms with Gasteiger partial charge in [0.25, 0.3) is 5.91 Å². The van der Waals surface area contributed by atoms with E-state index in [1.54, 1.807) is 7.11 Å². The molecule has 1 atom stereocenters. The molecule has 1 amide bonds. The Morgan fingerprint density at radius 1 is 0.939 bits per heavy atom. The van der Waals surface area contributed by atoms with E-state index in [1.165, 1.54) is 6.20 Å². The number of carbonyl (C=O) groups is 1. The van der Waals surface area contributed by atoms with Crippen LogP contribution in [0.1, 0.15) is 34.5 Å². The number of benzene rings is 3. The lowest BCUT2D eigenvalue weighted by Gasteiger charge is -2.16. The number of rotatable bonds is 7. The second kappa shape index (κ2) is 9.96. The Labute approximate surface area is 193 Å². The summed E-state index contributed by atoms with van der Waals surface area (Å²) in [5.41, 5.74) is 3.09. The maximum absolute atomic E-state index is 13.2. The van der Waals surface area contributed by atoms with Gasteiger partial charge in [0.15, 0.2) is 5.82 Å². The summed E-state index contributed by atoms with van der Waals surface area (Å²) in [6.07, 6.45) is 1.50. The van der Waals surface area contributed by atoms with Gasteiger partial charge in [0.05, 0.1) is 13.2 Å². The lowest BCUT2D eigenvalue weighted by Crippen LogP contribution is -2.27. The van der Waals surface area contributed by atoms with Crippen molar-refractivity contribution in [2.24, 2.45) is 0 Å². The number of aryl methyl sites for hydroxylation is 1. The first-order valence-electron chi connectivity index (χ1n) is 10.7. The minimum absolute atomic E-state index is 0.188. The summed E-state index contributed by atoms with van der Waals surface area (Å²) in [5.74, 6) is 1.67. The van der Waals surface area contributed by atoms with Gasteiger partial charge in [-0.3, -0.25) is 4.79 Å². The zero-order chi connectivity index (χ0) is 23.2. The number of amides is 1. The molecule has 6 heteroatoms. The maximum Gasteiger partial charge on any atom is 0.258 e. The Morgan fingerprint density at radius 2 is 1.70 bits per heavy atom. The predicted molar refractivity (Wildman–Crippen MR) is 128 cm³/mol. The van der Waals surface area contributed by atoms with Gasteiger partial charge < -0.3 is 14.8 Å². The van der Waals surface area contributed by atoms with Crippen LogP contribution in [-0.4, -0.2) is 23.0 Å². The van der Waals surface area contributed by atoms with Crippen LogP contribution >= 0.6 is 0 Å². The van der Waals surface area contributed by atoms with Gasteiger partial charge in [-0.25, -0.2) is 4.98 Å². The van der Waals surface area contributed by atoms with Crippen molar-refractivity contribution < 1.29 is 14.3 Å². The smallest absolute Gasteiger partial charge is 0.258 e. The van der Waals surface area contributed by atoms with Gasteiger partial charge >= 0.3 is 0 Å². The van der Waals surface area contributed by atoms with E-state index >= 15 is 0 Å². The van der Waals surface area contributed by atoms with E-state index in [4.69, 9.17) is 9.47 Å². The molecule has 1 heterocycles. The highest BCUT2D eigenvalue weighted by molar-refractivity contribution is 5.96. The van der Waals surface area contributed by atoms with Gasteiger partial charge in [-0.15, -0.1) is 0 Å². The summed E-state index contributed by atoms with van der Waals surface area (Å²) >= 11 is 0. The van der Waals surface area contributed by atoms with Gasteiger partial charge in [-0.2, -0.15) is 4.98 Å². The average Bonchev–Trinajstić information content (AvgIpc) is 2.84. The molecular formula is C27H25N3O3. The van der Waals surface area contributed by atoms with Gasteiger partial charge in [0.2, 0.25) is 5.88 Å². The molecule has 1 aromatic heterocycles. The van der Waals surface area contributed by atoms with Crippen LogP contribution in [0.15, 0.2) is 85.1 Å². The zero-order valence-electron chi connectivity index (χ0n) is 18.8. The molecule has 4 rings (SSSR count). The normalized spacial score (nSPS) is 11.5. The van der Waals surface area contributed by atoms with Gasteiger partial charge in [0, 0.05) is 11.8 Å². The van der Waals surface area contributed by atoms with Crippen LogP contribution in [0.4, 0.5) is 0 Å². The molecule has 4 aromatic rings. The number of aromatic nitrogens is 2. The first kappa shape index (κ1) is 22.0. The van der Waals surface area contributed by atoms with Crippen molar-refractivity contribution in [3.05, 3.63) is 102 Å². The first-order chi connectivity index (χ1) is 16.0. The SMILES string of the molecule is COc1ccc(-c2ncc(C(=O)NC(C)c3ccccc3)c(Oc3cccc(C)c3)n2)cc1. The van der Waals surface area contributed by atoms with Crippen LogP contribution in [0, 0.1) is 6.92 Å². The van der Waals surface area contributed by atoms with E-state index in [9.17, 15) is 4.79 Å². The molecule has 0 saturated heterocycles. The molecule has 0 saturated carbocycles. The third-order valence-electron chi connectivity index (χ3n) is 5.20. The topological polar surface area (TPSA) is 73.3 Å². The molecule has 0 aliphatic rings. The molecule has 0 fully saturated rings. The molecule has 1 unspecified atom stereocenters. The molecule has 1 N–H and O–H groups in total. The second-order valence-corrected chi connectivity index (χ2v) is 7.67. The van der Waals surface area contributed by atoms with Crippen LogP contribution < -0.4 is 14.8 Å². The molecule has 0 bridgehead atoms. The lowest BCUT2D eigenvalue weighted by atomic mass is 10.1. The molecule has 3 aromatic carbocycles. The van der Waals surface area contributed by atoms with Crippen molar-refractivity contribution in [3.8, 4) is 28.8 Å². The quantitative estimate of drug-likeness (QED) is 0.397. The minimum Gasteiger partial charge on any atom is -0.497 e. The number of hydrogen-bond donors (Lipinski definition) is 1. The lowest BCUT2D eigenvalue weighted by molar-refractivity contribution is 0.0936. The number of nitrogens with zero attached hydrogens (tertiary/aromatic N) is 2. The van der Waals surface area contributed by atoms with E-state index in [2.05, 4.69) is 15.3 Å². The molecule has 0 aliphatic heterocycles. The number of hydrogen-bond acceptors (Lipinski definition) is 5. The van der Waals surface area contributed by atoms with Crippen LogP contribution in [0.5, 0.6) is 17.4 Å². The van der Waals surface area contributed by atoms with Crippen LogP contribution in [0.3, 0.4) is 0 Å². The molecule has 6 nitrogen and oxygen atoms in total. The van der Waals surface area contributed by atoms with Gasteiger partial charge in [-0.05, 0) is 61.4 Å². The maximum atomic E-state index is 13.2. The second-order valence-electron chi connectivity index (χ2n) is 7.67. The Hall–Kier alpha value is -4.19. The number of nitrogens with one attached hydrogen (secondary N) is 1. The van der Waals surface area contributed by atoms with Crippen molar-refractivity contribution in [1.29, 1.82) is 0 Å². The summed E-state index contributed by atoms with van der Waals surface area (Å²) in [6, 6.07) is 24.6. The zero-order valence-corrected chi connectivity index (χ0v) is 18.8. The third kappa shape index (κ3) is 5.36. The van der Waals surface area contributed by atoms with E-state index in [-0.39, 0.29) is 23.4 Å². The van der Waals surface area contributed by atoms with Crippen molar-refractivity contribution in [2.75, 3.05) is 7.11 Å². The average molecular weight is 440 g/mol. The Bertz CT molecular complexity index is 1240. The standard InChI is InChI=1S/C27H25N3O3/c1-18-8-7-11-23(16-18)33-27-24(26(31)29-19(2)20-9-5-4-6-10-20)17-28-25(30-27)21-12-14-22(32-3)15-13-21/h4-17,19H,1-3H3,(H,29,31). The summed E-state index contributed by atoms with van der Waals surface area (Å²) < 4.78 is 11.3. The summed E-state index contributed by atoms with van der Waals surface area (Å²) in [6.45, 7) is 3.91. The fourth-order valence-electron chi connectivity index (χ4n) is 3.37. The Kier molecular flexibility index (Phi) is 6.64. The summed E-state index contributed by atoms with van der Waals surface area (Å²) in [4.78, 5) is 22.2. The van der Waals surface area contributed by atoms with Gasteiger partial charge in [-0.1, -0.05) is 42.5 Å². The van der Waals surface area contributed by atoms with Crippen molar-refractivity contribution in [2.45, 2.75) is 19.9 Å². The van der Waals surface area contributed by atoms with E-state index < -0.39 is 0 Å². The van der Waals surface area contributed by atoms with E-state index in [0.717, 1.165) is 22.4 Å². The first-order valence-corrected chi connectivity index (χ1v) is 10.7. The fourth-order valence-corrected chi connectivity index (χ4v) is 3.37. The van der Waals surface area contributed by atoms with Crippen molar-refractivity contribution >= 4 is 5.91 Å². The Morgan fingerprint density at radius 3 is 2.39 bits per heavy atom. The third-order valence-corrected chi connectivity index (χ3v) is 5.20. The molecule has 0 spiro atoms. The highest BCUT2D eigenvalue weighted by Crippen LogP contribution is 2.28. The van der Waals surface area contributed by atoms with Crippen molar-refractivity contribution in [3.63, 3.8) is 0 Å². The molecule has 166 valence electrons. The van der Waals surface area contributed by atoms with E-state index in [1.807, 2.05) is 92.7 Å². The summed E-state index contributed by atoms with van der Waals surface area (Å²) in [7, 11) is 1.61. The van der Waals surface area contributed by atoms with Gasteiger partial charge in [0.1, 0.15) is 17.1 Å². The van der Waals surface area contributed by atoms with Crippen LogP contribution in [0.25, 0.3) is 11.4 Å². The highest BCUT2D eigenvalue weighted by atomic mass is 16.5. The molecule has 0 radical (unpaired) electrons. The largest absolute Gasteiger partial charge is 0.497 e. The molecule has 0 aliphatic carbocycles. The molecular weight excluding hydrogens is 414 g/mol. The number of methoxy groups -OCH3 is 1. The molecule has 33 heavy (non-hydrogen) atoms. The Balaban J connectivity index is 1.67.